The Kier molecular flexibility index (Phi) is 2.21. The summed E-state index contributed by atoms with van der Waals surface area (Å²) in [5, 5.41) is 0. The molecular formula is C11H15NO. The molecule has 0 aromatic carbocycles. The Morgan fingerprint density at radius 1 is 1.38 bits per heavy atom. The van der Waals surface area contributed by atoms with Crippen molar-refractivity contribution in [1.29, 1.82) is 0 Å². The smallest absolute Gasteiger partial charge is 0.129 e. The van der Waals surface area contributed by atoms with Crippen molar-refractivity contribution in [3.63, 3.8) is 0 Å². The summed E-state index contributed by atoms with van der Waals surface area (Å²) < 4.78 is 5.68. The summed E-state index contributed by atoms with van der Waals surface area (Å²) in [5.41, 5.74) is 2.52. The van der Waals surface area contributed by atoms with Gasteiger partial charge in [-0.05, 0) is 18.8 Å². The topological polar surface area (TPSA) is 22.1 Å². The summed E-state index contributed by atoms with van der Waals surface area (Å²) in [5.74, 6) is 1.59. The minimum atomic E-state index is 0.501. The van der Waals surface area contributed by atoms with Crippen molar-refractivity contribution in [2.75, 3.05) is 6.61 Å². The van der Waals surface area contributed by atoms with Crippen LogP contribution in [0.25, 0.3) is 0 Å². The number of hydrogen-bond donors (Lipinski definition) is 0. The lowest BCUT2D eigenvalue weighted by Gasteiger charge is -2.21. The highest BCUT2D eigenvalue weighted by Gasteiger charge is 2.16. The van der Waals surface area contributed by atoms with Crippen LogP contribution < -0.4 is 4.74 Å². The lowest BCUT2D eigenvalue weighted by molar-refractivity contribution is 0.283. The number of ether oxygens (including phenoxy) is 1. The normalized spacial score (nSPS) is 15.3. The SMILES string of the molecule is CC(C)c1cncc2c1OCCC2. The van der Waals surface area contributed by atoms with E-state index in [4.69, 9.17) is 4.74 Å². The molecule has 1 aliphatic rings. The maximum atomic E-state index is 5.68. The number of nitrogens with zero attached hydrogens (tertiary/aromatic N) is 1. The summed E-state index contributed by atoms with van der Waals surface area (Å²) in [6, 6.07) is 0. The molecule has 0 radical (unpaired) electrons. The van der Waals surface area contributed by atoms with E-state index in [0.717, 1.165) is 25.2 Å². The fourth-order valence-corrected chi connectivity index (χ4v) is 1.71. The molecule has 0 aliphatic carbocycles. The van der Waals surface area contributed by atoms with Gasteiger partial charge in [0.2, 0.25) is 0 Å². The Hall–Kier alpha value is -1.05. The van der Waals surface area contributed by atoms with Gasteiger partial charge in [0.25, 0.3) is 0 Å². The van der Waals surface area contributed by atoms with E-state index in [1.807, 2.05) is 12.4 Å². The van der Waals surface area contributed by atoms with Crippen LogP contribution in [0.3, 0.4) is 0 Å². The van der Waals surface area contributed by atoms with E-state index in [1.54, 1.807) is 0 Å². The summed E-state index contributed by atoms with van der Waals surface area (Å²) in [6.07, 6.45) is 6.09. The fourth-order valence-electron chi connectivity index (χ4n) is 1.71. The van der Waals surface area contributed by atoms with E-state index in [0.29, 0.717) is 5.92 Å². The van der Waals surface area contributed by atoms with Gasteiger partial charge in [-0.15, -0.1) is 0 Å². The largest absolute Gasteiger partial charge is 0.493 e. The van der Waals surface area contributed by atoms with Gasteiger partial charge < -0.3 is 4.74 Å². The van der Waals surface area contributed by atoms with Gasteiger partial charge in [-0.25, -0.2) is 0 Å². The van der Waals surface area contributed by atoms with E-state index < -0.39 is 0 Å². The van der Waals surface area contributed by atoms with Gasteiger partial charge in [0, 0.05) is 23.5 Å². The van der Waals surface area contributed by atoms with Gasteiger partial charge in [0.05, 0.1) is 6.61 Å². The Bertz CT molecular complexity index is 307. The number of aromatic nitrogens is 1. The maximum absolute atomic E-state index is 5.68. The van der Waals surface area contributed by atoms with Crippen LogP contribution in [0.4, 0.5) is 0 Å². The van der Waals surface area contributed by atoms with Crippen LogP contribution in [0.15, 0.2) is 12.4 Å². The van der Waals surface area contributed by atoms with Crippen LogP contribution in [0.1, 0.15) is 37.3 Å². The van der Waals surface area contributed by atoms with Crippen LogP contribution in [0.5, 0.6) is 5.75 Å². The molecule has 1 aromatic rings. The molecule has 2 nitrogen and oxygen atoms in total. The standard InChI is InChI=1S/C11H15NO/c1-8(2)10-7-12-6-9-4-3-5-13-11(9)10/h6-8H,3-5H2,1-2H3. The number of hydrogen-bond acceptors (Lipinski definition) is 2. The Morgan fingerprint density at radius 3 is 3.00 bits per heavy atom. The van der Waals surface area contributed by atoms with Gasteiger partial charge in [0.15, 0.2) is 0 Å². The van der Waals surface area contributed by atoms with Gasteiger partial charge in [-0.2, -0.15) is 0 Å². The summed E-state index contributed by atoms with van der Waals surface area (Å²) >= 11 is 0. The third-order valence-electron chi connectivity index (χ3n) is 2.46. The quantitative estimate of drug-likeness (QED) is 0.657. The van der Waals surface area contributed by atoms with Gasteiger partial charge >= 0.3 is 0 Å². The first-order valence-corrected chi connectivity index (χ1v) is 4.88. The van der Waals surface area contributed by atoms with Crippen molar-refractivity contribution in [3.05, 3.63) is 23.5 Å². The van der Waals surface area contributed by atoms with Crippen LogP contribution >= 0.6 is 0 Å². The average molecular weight is 177 g/mol. The molecule has 1 aliphatic heterocycles. The number of aryl methyl sites for hydroxylation is 1. The average Bonchev–Trinajstić information content (AvgIpc) is 2.17. The molecule has 2 heterocycles. The zero-order chi connectivity index (χ0) is 9.26. The van der Waals surface area contributed by atoms with Crippen molar-refractivity contribution < 1.29 is 4.74 Å². The molecule has 2 rings (SSSR count). The lowest BCUT2D eigenvalue weighted by Crippen LogP contribution is -2.11. The highest BCUT2D eigenvalue weighted by atomic mass is 16.5. The Balaban J connectivity index is 2.46. The monoisotopic (exact) mass is 177 g/mol. The highest BCUT2D eigenvalue weighted by molar-refractivity contribution is 5.41. The number of rotatable bonds is 1. The molecule has 0 amide bonds. The summed E-state index contributed by atoms with van der Waals surface area (Å²) in [4.78, 5) is 4.24. The predicted molar refractivity (Wildman–Crippen MR) is 52.1 cm³/mol. The molecule has 70 valence electrons. The molecule has 0 atom stereocenters. The molecule has 0 saturated heterocycles. The van der Waals surface area contributed by atoms with E-state index in [1.165, 1.54) is 11.1 Å². The number of fused-ring (bicyclic) bond motifs is 1. The fraction of sp³-hybridized carbons (Fsp3) is 0.545. The predicted octanol–water partition coefficient (Wildman–Crippen LogP) is 2.53. The molecule has 2 heteroatoms. The summed E-state index contributed by atoms with van der Waals surface area (Å²) in [7, 11) is 0. The first-order chi connectivity index (χ1) is 6.29. The molecule has 1 aromatic heterocycles. The third-order valence-corrected chi connectivity index (χ3v) is 2.46. The summed E-state index contributed by atoms with van der Waals surface area (Å²) in [6.45, 7) is 5.21. The Morgan fingerprint density at radius 2 is 2.23 bits per heavy atom. The molecule has 0 N–H and O–H groups in total. The molecule has 0 spiro atoms. The third kappa shape index (κ3) is 1.53. The first-order valence-electron chi connectivity index (χ1n) is 4.88. The van der Waals surface area contributed by atoms with E-state index >= 15 is 0 Å². The second kappa shape index (κ2) is 3.36. The first kappa shape index (κ1) is 8.54. The highest BCUT2D eigenvalue weighted by Crippen LogP contribution is 2.32. The zero-order valence-corrected chi connectivity index (χ0v) is 8.21. The van der Waals surface area contributed by atoms with Gasteiger partial charge in [-0.1, -0.05) is 13.8 Å². The van der Waals surface area contributed by atoms with Crippen molar-refractivity contribution in [2.24, 2.45) is 0 Å². The van der Waals surface area contributed by atoms with Crippen LogP contribution in [0.2, 0.25) is 0 Å². The van der Waals surface area contributed by atoms with Crippen LogP contribution in [-0.4, -0.2) is 11.6 Å². The zero-order valence-electron chi connectivity index (χ0n) is 8.21. The van der Waals surface area contributed by atoms with Crippen molar-refractivity contribution >= 4 is 0 Å². The number of pyridine rings is 1. The minimum Gasteiger partial charge on any atom is -0.493 e. The molecule has 0 fully saturated rings. The molecular weight excluding hydrogens is 162 g/mol. The minimum absolute atomic E-state index is 0.501. The van der Waals surface area contributed by atoms with Crippen LogP contribution in [-0.2, 0) is 6.42 Å². The van der Waals surface area contributed by atoms with Gasteiger partial charge in [-0.3, -0.25) is 4.98 Å². The van der Waals surface area contributed by atoms with E-state index in [9.17, 15) is 0 Å². The lowest BCUT2D eigenvalue weighted by atomic mass is 9.99. The second-order valence-electron chi connectivity index (χ2n) is 3.82. The second-order valence-corrected chi connectivity index (χ2v) is 3.82. The maximum Gasteiger partial charge on any atom is 0.129 e. The molecule has 0 bridgehead atoms. The van der Waals surface area contributed by atoms with E-state index in [2.05, 4.69) is 18.8 Å². The van der Waals surface area contributed by atoms with Crippen molar-refractivity contribution in [1.82, 2.24) is 4.98 Å². The van der Waals surface area contributed by atoms with Crippen LogP contribution in [0, 0.1) is 0 Å². The van der Waals surface area contributed by atoms with Crippen molar-refractivity contribution in [2.45, 2.75) is 32.6 Å². The van der Waals surface area contributed by atoms with Crippen molar-refractivity contribution in [3.8, 4) is 5.75 Å². The molecule has 0 unspecified atom stereocenters. The molecule has 13 heavy (non-hydrogen) atoms. The van der Waals surface area contributed by atoms with Gasteiger partial charge in [0.1, 0.15) is 5.75 Å². The Labute approximate surface area is 78.9 Å². The van der Waals surface area contributed by atoms with E-state index in [-0.39, 0.29) is 0 Å². The molecule has 0 saturated carbocycles.